The standard InChI is InChI=1S/C23H24FN3O6S/c1-25-22(28)20-18-11-17(13-2-3-13)15(12-27(34(31)32)9-8-26-23(29)30)10-19(18)33-21(20)14-4-6-16(24)7-5-14/h4-7,10-11,13,26H,2-3,8-9,12H2,1H3,(H,25,28)(H,29,30)(H,31,32). The molecule has 0 spiro atoms. The van der Waals surface area contributed by atoms with Gasteiger partial charge in [0.05, 0.1) is 5.56 Å². The molecule has 4 rings (SSSR count). The van der Waals surface area contributed by atoms with Gasteiger partial charge in [0.1, 0.15) is 17.2 Å². The zero-order valence-electron chi connectivity index (χ0n) is 18.3. The smallest absolute Gasteiger partial charge is 0.404 e. The van der Waals surface area contributed by atoms with E-state index in [-0.39, 0.29) is 31.5 Å². The Morgan fingerprint density at radius 3 is 2.53 bits per heavy atom. The first-order chi connectivity index (χ1) is 16.3. The molecule has 3 aromatic rings. The SMILES string of the molecule is CNC(=O)c1c(-c2ccc(F)cc2)oc2cc(CN(CCNC(=O)O)S(=O)O)c(C3CC3)cc12. The lowest BCUT2D eigenvalue weighted by molar-refractivity contribution is 0.0964. The molecule has 9 nitrogen and oxygen atoms in total. The molecule has 2 amide bonds. The van der Waals surface area contributed by atoms with E-state index >= 15 is 0 Å². The number of carbonyl (C=O) groups excluding carboxylic acids is 1. The third kappa shape index (κ3) is 5.11. The van der Waals surface area contributed by atoms with Gasteiger partial charge < -0.3 is 20.2 Å². The predicted octanol–water partition coefficient (Wildman–Crippen LogP) is 3.68. The Balaban J connectivity index is 1.78. The van der Waals surface area contributed by atoms with Crippen molar-refractivity contribution >= 4 is 34.2 Å². The van der Waals surface area contributed by atoms with Gasteiger partial charge in [-0.2, -0.15) is 4.31 Å². The van der Waals surface area contributed by atoms with Gasteiger partial charge in [-0.15, -0.1) is 0 Å². The van der Waals surface area contributed by atoms with E-state index in [1.807, 2.05) is 6.07 Å². The molecule has 1 aliphatic rings. The Hall–Kier alpha value is -3.28. The summed E-state index contributed by atoms with van der Waals surface area (Å²) >= 11 is -2.32. The second-order valence-corrected chi connectivity index (χ2v) is 9.02. The Kier molecular flexibility index (Phi) is 6.96. The molecule has 0 radical (unpaired) electrons. The summed E-state index contributed by atoms with van der Waals surface area (Å²) in [5.41, 5.74) is 3.01. The van der Waals surface area contributed by atoms with Gasteiger partial charge in [0, 0.05) is 37.6 Å². The van der Waals surface area contributed by atoms with Gasteiger partial charge in [-0.05, 0) is 66.3 Å². The fourth-order valence-corrected chi connectivity index (χ4v) is 4.45. The number of carbonyl (C=O) groups is 2. The highest BCUT2D eigenvalue weighted by molar-refractivity contribution is 7.76. The van der Waals surface area contributed by atoms with Crippen LogP contribution in [0.4, 0.5) is 9.18 Å². The molecule has 180 valence electrons. The van der Waals surface area contributed by atoms with Crippen LogP contribution >= 0.6 is 0 Å². The van der Waals surface area contributed by atoms with Gasteiger partial charge in [0.25, 0.3) is 5.91 Å². The van der Waals surface area contributed by atoms with E-state index in [0.717, 1.165) is 24.0 Å². The van der Waals surface area contributed by atoms with Gasteiger partial charge in [-0.25, -0.2) is 13.4 Å². The average Bonchev–Trinajstić information content (AvgIpc) is 3.58. The van der Waals surface area contributed by atoms with E-state index in [0.29, 0.717) is 27.9 Å². The number of rotatable bonds is 9. The number of furan rings is 1. The fraction of sp³-hybridized carbons (Fsp3) is 0.304. The molecule has 1 aromatic heterocycles. The van der Waals surface area contributed by atoms with Gasteiger partial charge in [-0.3, -0.25) is 9.35 Å². The first-order valence-corrected chi connectivity index (χ1v) is 11.7. The molecule has 11 heteroatoms. The Labute approximate surface area is 197 Å². The van der Waals surface area contributed by atoms with E-state index in [4.69, 9.17) is 9.52 Å². The molecule has 0 aliphatic heterocycles. The highest BCUT2D eigenvalue weighted by Gasteiger charge is 2.30. The van der Waals surface area contributed by atoms with Gasteiger partial charge in [0.2, 0.25) is 11.3 Å². The number of hydrogen-bond donors (Lipinski definition) is 4. The van der Waals surface area contributed by atoms with Crippen molar-refractivity contribution in [3.63, 3.8) is 0 Å². The summed E-state index contributed by atoms with van der Waals surface area (Å²) in [6.07, 6.45) is 0.702. The molecule has 1 saturated carbocycles. The number of fused-ring (bicyclic) bond motifs is 1. The van der Waals surface area contributed by atoms with Crippen LogP contribution in [0.25, 0.3) is 22.3 Å². The summed E-state index contributed by atoms with van der Waals surface area (Å²) in [4.78, 5) is 23.5. The lowest BCUT2D eigenvalue weighted by atomic mass is 9.97. The van der Waals surface area contributed by atoms with Crippen LogP contribution in [-0.2, 0) is 17.8 Å². The first kappa shape index (κ1) is 23.9. The van der Waals surface area contributed by atoms with Gasteiger partial charge in [0.15, 0.2) is 0 Å². The zero-order valence-corrected chi connectivity index (χ0v) is 19.2. The van der Waals surface area contributed by atoms with Crippen molar-refractivity contribution in [2.45, 2.75) is 25.3 Å². The van der Waals surface area contributed by atoms with Crippen LogP contribution in [0.1, 0.15) is 40.2 Å². The molecule has 0 bridgehead atoms. The molecule has 34 heavy (non-hydrogen) atoms. The second kappa shape index (κ2) is 9.92. The molecule has 4 N–H and O–H groups in total. The predicted molar refractivity (Wildman–Crippen MR) is 124 cm³/mol. The first-order valence-electron chi connectivity index (χ1n) is 10.7. The van der Waals surface area contributed by atoms with Crippen molar-refractivity contribution in [1.82, 2.24) is 14.9 Å². The van der Waals surface area contributed by atoms with E-state index in [9.17, 15) is 22.7 Å². The van der Waals surface area contributed by atoms with Crippen molar-refractivity contribution in [1.29, 1.82) is 0 Å². The molecular formula is C23H24FN3O6S. The Morgan fingerprint density at radius 1 is 1.24 bits per heavy atom. The van der Waals surface area contributed by atoms with E-state index in [1.165, 1.54) is 35.6 Å². The number of carboxylic acid groups (broad SMARTS) is 1. The van der Waals surface area contributed by atoms with Crippen molar-refractivity contribution in [3.05, 3.63) is 58.9 Å². The maximum absolute atomic E-state index is 13.5. The summed E-state index contributed by atoms with van der Waals surface area (Å²) in [5.74, 6) is -0.187. The number of amides is 2. The van der Waals surface area contributed by atoms with Crippen LogP contribution in [0.15, 0.2) is 40.8 Å². The molecule has 1 unspecified atom stereocenters. The van der Waals surface area contributed by atoms with Crippen LogP contribution in [0.5, 0.6) is 0 Å². The minimum Gasteiger partial charge on any atom is -0.465 e. The van der Waals surface area contributed by atoms with E-state index < -0.39 is 23.2 Å². The second-order valence-electron chi connectivity index (χ2n) is 8.04. The number of benzene rings is 2. The molecular weight excluding hydrogens is 465 g/mol. The van der Waals surface area contributed by atoms with Crippen LogP contribution < -0.4 is 10.6 Å². The third-order valence-corrected chi connectivity index (χ3v) is 6.49. The quantitative estimate of drug-likeness (QED) is 0.339. The maximum atomic E-state index is 13.5. The summed E-state index contributed by atoms with van der Waals surface area (Å²) in [6, 6.07) is 9.29. The monoisotopic (exact) mass is 489 g/mol. The van der Waals surface area contributed by atoms with Gasteiger partial charge in [-0.1, -0.05) is 0 Å². The maximum Gasteiger partial charge on any atom is 0.404 e. The van der Waals surface area contributed by atoms with Crippen molar-refractivity contribution < 1.29 is 32.3 Å². The molecule has 2 aromatic carbocycles. The zero-order chi connectivity index (χ0) is 24.4. The molecule has 0 saturated heterocycles. The highest BCUT2D eigenvalue weighted by Crippen LogP contribution is 2.45. The molecule has 1 fully saturated rings. The molecule has 1 atom stereocenters. The van der Waals surface area contributed by atoms with Crippen molar-refractivity contribution in [2.75, 3.05) is 20.1 Å². The van der Waals surface area contributed by atoms with Crippen LogP contribution in [0.3, 0.4) is 0 Å². The third-order valence-electron chi connectivity index (χ3n) is 5.73. The molecule has 1 aliphatic carbocycles. The van der Waals surface area contributed by atoms with Crippen molar-refractivity contribution in [3.8, 4) is 11.3 Å². The number of nitrogens with one attached hydrogen (secondary N) is 2. The van der Waals surface area contributed by atoms with E-state index in [2.05, 4.69) is 10.6 Å². The summed E-state index contributed by atoms with van der Waals surface area (Å²) < 4.78 is 42.4. The van der Waals surface area contributed by atoms with Crippen LogP contribution in [0, 0.1) is 5.82 Å². The normalized spacial score (nSPS) is 14.4. The number of halogens is 1. The topological polar surface area (TPSA) is 132 Å². The van der Waals surface area contributed by atoms with Gasteiger partial charge >= 0.3 is 6.09 Å². The minimum absolute atomic E-state index is 0.0150. The number of hydrogen-bond acceptors (Lipinski definition) is 4. The Morgan fingerprint density at radius 2 is 1.94 bits per heavy atom. The van der Waals surface area contributed by atoms with E-state index in [1.54, 1.807) is 6.07 Å². The van der Waals surface area contributed by atoms with Crippen LogP contribution in [-0.4, -0.2) is 50.3 Å². The largest absolute Gasteiger partial charge is 0.465 e. The minimum atomic E-state index is -2.32. The summed E-state index contributed by atoms with van der Waals surface area (Å²) in [5, 5.41) is 14.2. The highest BCUT2D eigenvalue weighted by atomic mass is 32.2. The Bertz CT molecular complexity index is 1260. The lowest BCUT2D eigenvalue weighted by Gasteiger charge is -2.19. The average molecular weight is 490 g/mol. The van der Waals surface area contributed by atoms with Crippen molar-refractivity contribution in [2.24, 2.45) is 0 Å². The summed E-state index contributed by atoms with van der Waals surface area (Å²) in [7, 11) is 1.52. The number of nitrogens with zero attached hydrogens (tertiary/aromatic N) is 1. The van der Waals surface area contributed by atoms with Crippen LogP contribution in [0.2, 0.25) is 0 Å². The molecule has 1 heterocycles. The lowest BCUT2D eigenvalue weighted by Crippen LogP contribution is -2.35. The fourth-order valence-electron chi connectivity index (χ4n) is 3.96. The summed E-state index contributed by atoms with van der Waals surface area (Å²) in [6.45, 7) is 0.104.